The van der Waals surface area contributed by atoms with Gasteiger partial charge in [0.2, 0.25) is 6.21 Å². The molecule has 0 bridgehead atoms. The summed E-state index contributed by atoms with van der Waals surface area (Å²) in [7, 11) is 0. The average Bonchev–Trinajstić information content (AvgIpc) is 3.64. The number of aromatic nitrogens is 4. The molecule has 0 fully saturated rings. The summed E-state index contributed by atoms with van der Waals surface area (Å²) in [6.07, 6.45) is 1.42. The van der Waals surface area contributed by atoms with Gasteiger partial charge in [-0.3, -0.25) is 4.79 Å². The first-order valence-electron chi connectivity index (χ1n) is 11.9. The lowest BCUT2D eigenvalue weighted by Crippen LogP contribution is -2.18. The van der Waals surface area contributed by atoms with Crippen molar-refractivity contribution in [2.24, 2.45) is 0 Å². The minimum Gasteiger partial charge on any atom is -0.382 e. The highest BCUT2D eigenvalue weighted by atomic mass is 32.1. The number of amides is 1. The number of hydrogen-bond donors (Lipinski definition) is 3. The topological polar surface area (TPSA) is 125 Å². The number of aryl methyl sites for hydroxylation is 2. The zero-order valence-corrected chi connectivity index (χ0v) is 21.9. The number of nitrogens with zero attached hydrogens (tertiary/aromatic N) is 5. The molecule has 9 nitrogen and oxygen atoms in total. The molecule has 1 aliphatic heterocycles. The number of nitrogen functional groups attached to an aromatic ring is 1. The Balaban J connectivity index is 1.32. The smallest absolute Gasteiger partial charge is 0.382 e. The van der Waals surface area contributed by atoms with E-state index in [4.69, 9.17) is 5.73 Å². The predicted octanol–water partition coefficient (Wildman–Crippen LogP) is 4.71. The van der Waals surface area contributed by atoms with Crippen LogP contribution >= 0.6 is 11.3 Å². The number of carbonyl (C=O) groups is 1. The van der Waals surface area contributed by atoms with Crippen LogP contribution in [0.25, 0.3) is 15.9 Å². The van der Waals surface area contributed by atoms with Crippen LogP contribution in [-0.2, 0) is 6.18 Å². The number of carbonyl (C=O) groups excluding carboxylic acids is 1. The normalized spacial score (nSPS) is 12.5. The summed E-state index contributed by atoms with van der Waals surface area (Å²) < 4.78 is 47.8. The van der Waals surface area contributed by atoms with Crippen molar-refractivity contribution < 1.29 is 18.0 Å². The SMILES string of the molecule is Cc1cn(-c2cc(NC3=[N+]=Cc4c3ccc(C)c4NC(=O)c3csc4c(N)ncnc34)cc(C(F)(F)F)c2)cn1. The average molecular weight is 562 g/mol. The van der Waals surface area contributed by atoms with Gasteiger partial charge in [0, 0.05) is 17.6 Å². The van der Waals surface area contributed by atoms with Crippen LogP contribution in [0.1, 0.15) is 38.3 Å². The molecule has 0 spiro atoms. The van der Waals surface area contributed by atoms with Crippen molar-refractivity contribution in [1.82, 2.24) is 24.2 Å². The van der Waals surface area contributed by atoms with Crippen LogP contribution in [0.5, 0.6) is 0 Å². The number of alkyl halides is 3. The number of amidine groups is 1. The molecule has 13 heteroatoms. The number of imidazole rings is 1. The molecule has 4 heterocycles. The highest BCUT2D eigenvalue weighted by Crippen LogP contribution is 2.34. The van der Waals surface area contributed by atoms with Crippen LogP contribution in [0.3, 0.4) is 0 Å². The minimum absolute atomic E-state index is 0.198. The first kappa shape index (κ1) is 25.3. The molecule has 0 atom stereocenters. The van der Waals surface area contributed by atoms with Crippen molar-refractivity contribution >= 4 is 56.7 Å². The van der Waals surface area contributed by atoms with Crippen LogP contribution in [-0.4, -0.2) is 37.5 Å². The first-order valence-corrected chi connectivity index (χ1v) is 12.8. The van der Waals surface area contributed by atoms with Gasteiger partial charge in [0.1, 0.15) is 17.8 Å². The van der Waals surface area contributed by atoms with Gasteiger partial charge in [0.15, 0.2) is 0 Å². The Hall–Kier alpha value is -5.00. The standard InChI is InChI=1S/C27H19F3N8OS/c1-13-3-4-18-19(21(13)37-26(39)20-10-40-23-22(20)33-11-34-24(23)31)8-32-25(18)36-16-5-15(27(28,29)30)6-17(7-16)38-9-14(2)35-12-38/h3-12H,1-2H3,(H3,31,32,33,34,36,37,39)/p+1. The van der Waals surface area contributed by atoms with E-state index in [1.807, 2.05) is 13.0 Å². The summed E-state index contributed by atoms with van der Waals surface area (Å²) in [4.78, 5) is 25.5. The molecular weight excluding hydrogens is 541 g/mol. The van der Waals surface area contributed by atoms with Gasteiger partial charge < -0.3 is 15.6 Å². The number of fused-ring (bicyclic) bond motifs is 2. The Morgan fingerprint density at radius 3 is 2.70 bits per heavy atom. The Morgan fingerprint density at radius 1 is 1.12 bits per heavy atom. The molecule has 1 amide bonds. The van der Waals surface area contributed by atoms with E-state index in [1.54, 1.807) is 36.8 Å². The number of benzene rings is 2. The molecule has 0 unspecified atom stereocenters. The van der Waals surface area contributed by atoms with Gasteiger partial charge in [-0.2, -0.15) is 13.2 Å². The molecule has 200 valence electrons. The van der Waals surface area contributed by atoms with Crippen molar-refractivity contribution in [2.75, 3.05) is 16.4 Å². The molecule has 2 aromatic carbocycles. The maximum absolute atomic E-state index is 13.7. The van der Waals surface area contributed by atoms with Crippen molar-refractivity contribution in [2.45, 2.75) is 20.0 Å². The van der Waals surface area contributed by atoms with E-state index >= 15 is 0 Å². The number of nitrogens with one attached hydrogen (secondary N) is 2. The third-order valence-corrected chi connectivity index (χ3v) is 7.41. The van der Waals surface area contributed by atoms with Crippen molar-refractivity contribution in [3.8, 4) is 5.69 Å². The van der Waals surface area contributed by atoms with Crippen molar-refractivity contribution in [3.63, 3.8) is 0 Å². The number of thiophene rings is 1. The minimum atomic E-state index is -4.56. The van der Waals surface area contributed by atoms with E-state index < -0.39 is 11.7 Å². The fraction of sp³-hybridized carbons (Fsp3) is 0.111. The van der Waals surface area contributed by atoms with E-state index in [-0.39, 0.29) is 11.6 Å². The molecule has 3 aromatic heterocycles. The molecule has 0 saturated heterocycles. The summed E-state index contributed by atoms with van der Waals surface area (Å²) in [6.45, 7) is 3.60. The van der Waals surface area contributed by atoms with Crippen LogP contribution in [0.2, 0.25) is 0 Å². The van der Waals surface area contributed by atoms with E-state index in [0.717, 1.165) is 17.7 Å². The molecule has 4 N–H and O–H groups in total. The summed E-state index contributed by atoms with van der Waals surface area (Å²) in [5, 5.41) is 7.64. The van der Waals surface area contributed by atoms with Gasteiger partial charge in [-0.15, -0.1) is 11.3 Å². The number of rotatable bonds is 4. The largest absolute Gasteiger partial charge is 0.416 e. The second-order valence-corrected chi connectivity index (χ2v) is 10.1. The lowest BCUT2D eigenvalue weighted by atomic mass is 10.0. The molecular formula is C27H20F3N8OS+. The molecule has 40 heavy (non-hydrogen) atoms. The number of hydrogen-bond acceptors (Lipinski definition) is 7. The second kappa shape index (κ2) is 9.33. The molecule has 0 radical (unpaired) electrons. The fourth-order valence-corrected chi connectivity index (χ4v) is 5.34. The third kappa shape index (κ3) is 4.46. The number of nitrogens with two attached hydrogens (primary N) is 1. The number of anilines is 3. The molecule has 1 aliphatic rings. The van der Waals surface area contributed by atoms with Crippen molar-refractivity contribution in [3.05, 3.63) is 88.1 Å². The molecule has 0 aliphatic carbocycles. The van der Waals surface area contributed by atoms with Gasteiger partial charge in [0.25, 0.3) is 5.91 Å². The van der Waals surface area contributed by atoms with Gasteiger partial charge in [0.05, 0.1) is 55.9 Å². The maximum Gasteiger partial charge on any atom is 0.416 e. The highest BCUT2D eigenvalue weighted by Gasteiger charge is 2.33. The van der Waals surface area contributed by atoms with Gasteiger partial charge >= 0.3 is 12.0 Å². The van der Waals surface area contributed by atoms with Crippen LogP contribution in [0, 0.1) is 13.8 Å². The summed E-state index contributed by atoms with van der Waals surface area (Å²) in [5.41, 5.74) is 9.64. The van der Waals surface area contributed by atoms with Crippen LogP contribution in [0.15, 0.2) is 54.6 Å². The third-order valence-electron chi connectivity index (χ3n) is 6.41. The maximum atomic E-state index is 13.7. The van der Waals surface area contributed by atoms with Crippen LogP contribution < -0.4 is 21.0 Å². The fourth-order valence-electron chi connectivity index (χ4n) is 4.44. The predicted molar refractivity (Wildman–Crippen MR) is 149 cm³/mol. The molecule has 5 aromatic rings. The molecule has 6 rings (SSSR count). The van der Waals surface area contributed by atoms with Gasteiger partial charge in [-0.1, -0.05) is 6.07 Å². The van der Waals surface area contributed by atoms with Gasteiger partial charge in [-0.25, -0.2) is 24.9 Å². The van der Waals surface area contributed by atoms with Crippen molar-refractivity contribution in [1.29, 1.82) is 0 Å². The number of halogens is 3. The van der Waals surface area contributed by atoms with Crippen LogP contribution in [0.4, 0.5) is 30.4 Å². The Bertz CT molecular complexity index is 1900. The Labute approximate surface area is 229 Å². The zero-order valence-electron chi connectivity index (χ0n) is 21.0. The monoisotopic (exact) mass is 561 g/mol. The van der Waals surface area contributed by atoms with E-state index in [1.165, 1.54) is 28.6 Å². The zero-order chi connectivity index (χ0) is 28.2. The highest BCUT2D eigenvalue weighted by molar-refractivity contribution is 7.18. The van der Waals surface area contributed by atoms with E-state index in [9.17, 15) is 18.0 Å². The quantitative estimate of drug-likeness (QED) is 0.273. The Morgan fingerprint density at radius 2 is 1.95 bits per heavy atom. The van der Waals surface area contributed by atoms with E-state index in [0.29, 0.717) is 55.6 Å². The van der Waals surface area contributed by atoms with E-state index in [2.05, 4.69) is 30.3 Å². The Kier molecular flexibility index (Phi) is 5.90. The summed E-state index contributed by atoms with van der Waals surface area (Å²) >= 11 is 1.28. The lowest BCUT2D eigenvalue weighted by molar-refractivity contribution is -0.137. The summed E-state index contributed by atoms with van der Waals surface area (Å²) in [6, 6.07) is 7.29. The summed E-state index contributed by atoms with van der Waals surface area (Å²) in [5.74, 6) is 0.261. The second-order valence-electron chi connectivity index (χ2n) is 9.18. The first-order chi connectivity index (χ1) is 19.1. The lowest BCUT2D eigenvalue weighted by Gasteiger charge is -2.12. The van der Waals surface area contributed by atoms with Gasteiger partial charge in [-0.05, 0) is 37.6 Å². The molecule has 0 saturated carbocycles.